The Hall–Kier alpha value is -0.790. The van der Waals surface area contributed by atoms with Crippen molar-refractivity contribution in [3.05, 3.63) is 89.0 Å². The molecule has 0 saturated carbocycles. The fourth-order valence-electron chi connectivity index (χ4n) is 3.84. The summed E-state index contributed by atoms with van der Waals surface area (Å²) in [7, 11) is 0. The first kappa shape index (κ1) is 33.2. The maximum Gasteiger partial charge on any atom is -0.147 e. The van der Waals surface area contributed by atoms with Crippen LogP contribution in [0.25, 0.3) is 21.9 Å². The molecule has 0 aromatic heterocycles. The molecular weight excluding hydrogens is 551 g/mol. The standard InChI is InChI=1S/C19H19.C9H13.C2H6Si.2ClH.Zr/c1-2-3-7-15-8-6-10-17(14-15)19-13-12-16-9-4-5-11-18(16)19;1-6-5-7(2)9(4)8(6)3;1-3-2;;;/h4-6,8-14H,2-3,7H2,1H3;6H,1-4H3;1-2H3;2*1H;/q2*-1;;;;+2. The summed E-state index contributed by atoms with van der Waals surface area (Å²) in [5.41, 5.74) is 8.60. The number of hydrogen-bond donors (Lipinski definition) is 0. The summed E-state index contributed by atoms with van der Waals surface area (Å²) in [5.74, 6) is 0.560. The van der Waals surface area contributed by atoms with Gasteiger partial charge in [0, 0.05) is 0 Å². The third-order valence-electron chi connectivity index (χ3n) is 5.97. The number of unbranched alkanes of at least 4 members (excludes halogenated alkanes) is 1. The maximum absolute atomic E-state index is 3.36. The summed E-state index contributed by atoms with van der Waals surface area (Å²) in [6, 6.07) is 22.0. The van der Waals surface area contributed by atoms with Crippen molar-refractivity contribution >= 4 is 41.0 Å². The van der Waals surface area contributed by atoms with Gasteiger partial charge in [0.15, 0.2) is 0 Å². The number of rotatable bonds is 4. The largest absolute Gasteiger partial charge is 0.147 e. The number of halogens is 2. The molecule has 0 bridgehead atoms. The second-order valence-electron chi connectivity index (χ2n) is 8.94. The molecule has 1 aliphatic carbocycles. The van der Waals surface area contributed by atoms with E-state index >= 15 is 0 Å². The van der Waals surface area contributed by atoms with Gasteiger partial charge in [0.25, 0.3) is 0 Å². The number of allylic oxidation sites excluding steroid dienone is 4. The van der Waals surface area contributed by atoms with Crippen LogP contribution in [0.5, 0.6) is 0 Å². The predicted molar refractivity (Wildman–Crippen MR) is 156 cm³/mol. The Bertz CT molecular complexity index is 1100. The second kappa shape index (κ2) is 16.8. The summed E-state index contributed by atoms with van der Waals surface area (Å²) in [6.45, 7) is 15.5. The normalized spacial score (nSPS) is 14.1. The molecule has 3 aromatic carbocycles. The van der Waals surface area contributed by atoms with E-state index in [1.807, 2.05) is 0 Å². The molecule has 4 heteroatoms. The van der Waals surface area contributed by atoms with E-state index in [2.05, 4.69) is 114 Å². The molecule has 3 aromatic rings. The van der Waals surface area contributed by atoms with Crippen LogP contribution in [0.1, 0.15) is 53.0 Å². The number of fused-ring (bicyclic) bond motifs is 1. The van der Waals surface area contributed by atoms with E-state index < -0.39 is 0 Å². The topological polar surface area (TPSA) is 0 Å². The SMILES string of the molecule is CC1=[C-]C(C)C(C)=C1C.CCCCc1cccc(-c2c[cH-]c3ccccc23)c1.C[Si](C)=[Zr+2].Cl.Cl. The van der Waals surface area contributed by atoms with E-state index in [1.54, 1.807) is 23.3 Å². The van der Waals surface area contributed by atoms with Crippen LogP contribution >= 0.6 is 24.8 Å². The van der Waals surface area contributed by atoms with Gasteiger partial charge in [-0.3, -0.25) is 6.08 Å². The first-order chi connectivity index (χ1) is 15.2. The Balaban J connectivity index is 0.000000614. The minimum absolute atomic E-state index is 0. The van der Waals surface area contributed by atoms with E-state index in [0.29, 0.717) is 5.92 Å². The van der Waals surface area contributed by atoms with Crippen LogP contribution in [0.4, 0.5) is 0 Å². The molecule has 0 saturated heterocycles. The van der Waals surface area contributed by atoms with Gasteiger partial charge >= 0.3 is 41.9 Å². The van der Waals surface area contributed by atoms with Gasteiger partial charge in [0.05, 0.1) is 0 Å². The smallest absolute Gasteiger partial charge is 0.147 e. The van der Waals surface area contributed by atoms with Crippen LogP contribution in [-0.4, -0.2) is 5.43 Å². The number of benzene rings is 2. The molecule has 0 radical (unpaired) electrons. The molecule has 182 valence electrons. The molecule has 4 rings (SSSR count). The average Bonchev–Trinajstić information content (AvgIpc) is 3.29. The van der Waals surface area contributed by atoms with Crippen molar-refractivity contribution in [3.63, 3.8) is 0 Å². The molecule has 0 heterocycles. The molecular formula is C30H40Cl2SiZr. The Kier molecular flexibility index (Phi) is 16.4. The van der Waals surface area contributed by atoms with Gasteiger partial charge in [-0.1, -0.05) is 75.9 Å². The fraction of sp³-hybridized carbons (Fsp3) is 0.367. The summed E-state index contributed by atoms with van der Waals surface area (Å²) < 4.78 is 0. The molecule has 1 atom stereocenters. The average molecular weight is 591 g/mol. The Labute approximate surface area is 235 Å². The molecule has 1 aliphatic rings. The Morgan fingerprint density at radius 2 is 1.65 bits per heavy atom. The monoisotopic (exact) mass is 588 g/mol. The Morgan fingerprint density at radius 1 is 1.00 bits per heavy atom. The summed E-state index contributed by atoms with van der Waals surface area (Å²) >= 11 is 1.74. The summed E-state index contributed by atoms with van der Waals surface area (Å²) in [6.07, 6.45) is 7.06. The third kappa shape index (κ3) is 10.1. The van der Waals surface area contributed by atoms with Crippen LogP contribution in [0.3, 0.4) is 0 Å². The van der Waals surface area contributed by atoms with E-state index in [1.165, 1.54) is 63.4 Å². The van der Waals surface area contributed by atoms with E-state index in [0.717, 1.165) is 0 Å². The van der Waals surface area contributed by atoms with Crippen LogP contribution in [0, 0.1) is 12.0 Å². The quantitative estimate of drug-likeness (QED) is 0.210. The van der Waals surface area contributed by atoms with Gasteiger partial charge in [-0.15, -0.1) is 78.4 Å². The van der Waals surface area contributed by atoms with Crippen LogP contribution in [0.2, 0.25) is 13.1 Å². The van der Waals surface area contributed by atoms with Crippen LogP contribution in [-0.2, 0) is 29.8 Å². The van der Waals surface area contributed by atoms with Crippen molar-refractivity contribution in [2.75, 3.05) is 0 Å². The van der Waals surface area contributed by atoms with Gasteiger partial charge in [-0.05, 0) is 18.4 Å². The van der Waals surface area contributed by atoms with Crippen LogP contribution in [0.15, 0.2) is 77.4 Å². The van der Waals surface area contributed by atoms with Gasteiger partial charge in [0.2, 0.25) is 0 Å². The zero-order chi connectivity index (χ0) is 23.7. The molecule has 0 amide bonds. The number of hydrogen-bond acceptors (Lipinski definition) is 0. The van der Waals surface area contributed by atoms with E-state index in [9.17, 15) is 0 Å². The first-order valence-electron chi connectivity index (χ1n) is 11.8. The summed E-state index contributed by atoms with van der Waals surface area (Å²) in [5, 5.41) is 2.69. The predicted octanol–water partition coefficient (Wildman–Crippen LogP) is 9.92. The molecule has 0 spiro atoms. The molecule has 0 N–H and O–H groups in total. The van der Waals surface area contributed by atoms with Gasteiger partial charge < -0.3 is 0 Å². The van der Waals surface area contributed by atoms with Crippen molar-refractivity contribution in [3.8, 4) is 11.1 Å². The molecule has 0 aliphatic heterocycles. The molecule has 34 heavy (non-hydrogen) atoms. The first-order valence-corrected chi connectivity index (χ1v) is 18.0. The second-order valence-corrected chi connectivity index (χ2v) is 18.3. The van der Waals surface area contributed by atoms with Crippen molar-refractivity contribution in [2.24, 2.45) is 5.92 Å². The van der Waals surface area contributed by atoms with Crippen LogP contribution < -0.4 is 0 Å². The van der Waals surface area contributed by atoms with Gasteiger partial charge in [-0.2, -0.15) is 11.1 Å². The number of aryl methyl sites for hydroxylation is 1. The Morgan fingerprint density at radius 3 is 2.18 bits per heavy atom. The maximum atomic E-state index is 3.36. The zero-order valence-corrected chi connectivity index (χ0v) is 26.9. The van der Waals surface area contributed by atoms with Gasteiger partial charge in [-0.25, -0.2) is 5.57 Å². The molecule has 1 unspecified atom stereocenters. The van der Waals surface area contributed by atoms with E-state index in [-0.39, 0.29) is 30.2 Å². The van der Waals surface area contributed by atoms with Crippen molar-refractivity contribution in [2.45, 2.75) is 67.0 Å². The minimum Gasteiger partial charge on any atom is -0.147 e. The minimum atomic E-state index is 0. The third-order valence-corrected chi connectivity index (χ3v) is 5.97. The van der Waals surface area contributed by atoms with Crippen molar-refractivity contribution < 1.29 is 23.3 Å². The zero-order valence-electron chi connectivity index (χ0n) is 21.8. The van der Waals surface area contributed by atoms with Crippen molar-refractivity contribution in [1.29, 1.82) is 0 Å². The van der Waals surface area contributed by atoms with Crippen molar-refractivity contribution in [1.82, 2.24) is 0 Å². The molecule has 0 fully saturated rings. The molecule has 0 nitrogen and oxygen atoms in total. The summed E-state index contributed by atoms with van der Waals surface area (Å²) in [4.78, 5) is 0. The van der Waals surface area contributed by atoms with Gasteiger partial charge in [0.1, 0.15) is 0 Å². The fourth-order valence-corrected chi connectivity index (χ4v) is 3.84. The van der Waals surface area contributed by atoms with E-state index in [4.69, 9.17) is 0 Å².